The Labute approximate surface area is 191 Å². The van der Waals surface area contributed by atoms with Crippen LogP contribution in [0.15, 0.2) is 61.1 Å². The van der Waals surface area contributed by atoms with Gasteiger partial charge in [-0.2, -0.15) is 0 Å². The number of hydrogen-bond donors (Lipinski definition) is 1. The molecule has 2 atom stereocenters. The van der Waals surface area contributed by atoms with Crippen LogP contribution in [0.1, 0.15) is 18.9 Å². The van der Waals surface area contributed by atoms with E-state index in [9.17, 15) is 4.39 Å². The summed E-state index contributed by atoms with van der Waals surface area (Å²) in [6, 6.07) is 13.8. The molecule has 1 N–H and O–H groups in total. The molecule has 2 aliphatic heterocycles. The number of pyridine rings is 1. The summed E-state index contributed by atoms with van der Waals surface area (Å²) in [6.45, 7) is 5.78. The first-order valence-corrected chi connectivity index (χ1v) is 11.5. The number of benzene rings is 1. The van der Waals surface area contributed by atoms with Gasteiger partial charge in [-0.25, -0.2) is 19.3 Å². The van der Waals surface area contributed by atoms with E-state index < -0.39 is 0 Å². The van der Waals surface area contributed by atoms with E-state index in [1.807, 2.05) is 36.7 Å². The van der Waals surface area contributed by atoms with E-state index in [0.29, 0.717) is 30.0 Å². The van der Waals surface area contributed by atoms with E-state index in [4.69, 9.17) is 4.98 Å². The normalized spacial score (nSPS) is 20.1. The number of imidazole rings is 1. The number of aromatic nitrogens is 4. The Morgan fingerprint density at radius 1 is 1.06 bits per heavy atom. The molecule has 4 aromatic rings. The molecule has 6 rings (SSSR count). The molecule has 1 aromatic carbocycles. The maximum Gasteiger partial charge on any atom is 0.212 e. The van der Waals surface area contributed by atoms with Gasteiger partial charge in [0.25, 0.3) is 0 Å². The van der Waals surface area contributed by atoms with Gasteiger partial charge in [0.1, 0.15) is 17.3 Å². The van der Waals surface area contributed by atoms with E-state index in [1.165, 1.54) is 12.5 Å². The summed E-state index contributed by atoms with van der Waals surface area (Å²) in [5.41, 5.74) is 3.29. The molecule has 0 saturated carbocycles. The predicted molar refractivity (Wildman–Crippen MR) is 127 cm³/mol. The first-order chi connectivity index (χ1) is 16.2. The Hall–Kier alpha value is -3.52. The molecule has 2 unspecified atom stereocenters. The van der Waals surface area contributed by atoms with Crippen LogP contribution in [0.4, 0.5) is 16.2 Å². The molecule has 0 radical (unpaired) electrons. The van der Waals surface area contributed by atoms with E-state index in [-0.39, 0.29) is 5.82 Å². The SMILES string of the molecule is CCN1CC2CC1CN2c1nc(-c2ccnc(NCc3ccccc3F)c2)cc2nccn12. The first-order valence-electron chi connectivity index (χ1n) is 11.5. The zero-order valence-corrected chi connectivity index (χ0v) is 18.5. The third-order valence-corrected chi connectivity index (χ3v) is 6.86. The van der Waals surface area contributed by atoms with Crippen LogP contribution in [0.2, 0.25) is 0 Å². The van der Waals surface area contributed by atoms with Crippen LogP contribution in [0.3, 0.4) is 0 Å². The van der Waals surface area contributed by atoms with E-state index in [1.54, 1.807) is 18.3 Å². The molecule has 2 fully saturated rings. The fraction of sp³-hybridized carbons (Fsp3) is 0.320. The van der Waals surface area contributed by atoms with Crippen LogP contribution < -0.4 is 10.2 Å². The van der Waals surface area contributed by atoms with Crippen molar-refractivity contribution in [2.75, 3.05) is 29.9 Å². The lowest BCUT2D eigenvalue weighted by Gasteiger charge is -2.34. The number of halogens is 1. The number of rotatable bonds is 6. The van der Waals surface area contributed by atoms with Gasteiger partial charge in [0, 0.05) is 67.5 Å². The highest BCUT2D eigenvalue weighted by Gasteiger charge is 2.43. The molecular formula is C25H26FN7. The fourth-order valence-corrected chi connectivity index (χ4v) is 5.15. The molecule has 2 saturated heterocycles. The van der Waals surface area contributed by atoms with Crippen molar-refractivity contribution in [1.82, 2.24) is 24.3 Å². The lowest BCUT2D eigenvalue weighted by Crippen LogP contribution is -2.47. The van der Waals surface area contributed by atoms with Gasteiger partial charge in [0.2, 0.25) is 5.95 Å². The maximum absolute atomic E-state index is 14.0. The Morgan fingerprint density at radius 3 is 2.79 bits per heavy atom. The minimum Gasteiger partial charge on any atom is -0.366 e. The second-order valence-corrected chi connectivity index (χ2v) is 8.75. The first kappa shape index (κ1) is 20.1. The van der Waals surface area contributed by atoms with Crippen molar-refractivity contribution >= 4 is 17.4 Å². The molecule has 5 heterocycles. The smallest absolute Gasteiger partial charge is 0.212 e. The minimum absolute atomic E-state index is 0.223. The Bertz CT molecular complexity index is 1300. The molecule has 0 spiro atoms. The van der Waals surface area contributed by atoms with Crippen molar-refractivity contribution in [3.63, 3.8) is 0 Å². The van der Waals surface area contributed by atoms with Gasteiger partial charge in [0.05, 0.1) is 5.69 Å². The third-order valence-electron chi connectivity index (χ3n) is 6.86. The van der Waals surface area contributed by atoms with E-state index in [0.717, 1.165) is 42.5 Å². The molecule has 33 heavy (non-hydrogen) atoms. The predicted octanol–water partition coefficient (Wildman–Crippen LogP) is 3.83. The minimum atomic E-state index is -0.223. The Morgan fingerprint density at radius 2 is 1.97 bits per heavy atom. The number of likely N-dealkylation sites (tertiary alicyclic amines) is 1. The number of anilines is 2. The largest absolute Gasteiger partial charge is 0.366 e. The van der Waals surface area contributed by atoms with E-state index >= 15 is 0 Å². The van der Waals surface area contributed by atoms with Gasteiger partial charge in [-0.05, 0) is 31.2 Å². The molecule has 7 nitrogen and oxygen atoms in total. The lowest BCUT2D eigenvalue weighted by atomic mass is 10.1. The standard InChI is InChI=1S/C25H26FN7/c1-2-31-15-20-12-19(31)16-33(20)25-30-22(13-24-28-9-10-32(24)25)17-7-8-27-23(11-17)29-14-18-5-3-4-6-21(18)26/h3-11,13,19-20H,2,12,14-16H2,1H3,(H,27,29). The van der Waals surface area contributed by atoms with Crippen LogP contribution in [0.25, 0.3) is 16.9 Å². The molecule has 168 valence electrons. The van der Waals surface area contributed by atoms with Crippen molar-refractivity contribution in [3.8, 4) is 11.3 Å². The second-order valence-electron chi connectivity index (χ2n) is 8.75. The summed E-state index contributed by atoms with van der Waals surface area (Å²) in [4.78, 5) is 19.0. The fourth-order valence-electron chi connectivity index (χ4n) is 5.15. The second kappa shape index (κ2) is 8.12. The third kappa shape index (κ3) is 3.60. The lowest BCUT2D eigenvalue weighted by molar-refractivity contribution is 0.250. The highest BCUT2D eigenvalue weighted by molar-refractivity contribution is 5.68. The van der Waals surface area contributed by atoms with Crippen molar-refractivity contribution in [2.24, 2.45) is 0 Å². The van der Waals surface area contributed by atoms with Crippen LogP contribution in [0, 0.1) is 5.82 Å². The van der Waals surface area contributed by atoms with Crippen LogP contribution in [-0.2, 0) is 6.54 Å². The summed E-state index contributed by atoms with van der Waals surface area (Å²) in [6.07, 6.45) is 6.76. The summed E-state index contributed by atoms with van der Waals surface area (Å²) in [7, 11) is 0. The highest BCUT2D eigenvalue weighted by atomic mass is 19.1. The maximum atomic E-state index is 14.0. The van der Waals surface area contributed by atoms with Crippen molar-refractivity contribution in [3.05, 3.63) is 72.4 Å². The van der Waals surface area contributed by atoms with Crippen molar-refractivity contribution in [2.45, 2.75) is 32.0 Å². The van der Waals surface area contributed by atoms with Crippen molar-refractivity contribution in [1.29, 1.82) is 0 Å². The molecule has 8 heteroatoms. The molecule has 2 bridgehead atoms. The highest BCUT2D eigenvalue weighted by Crippen LogP contribution is 2.35. The van der Waals surface area contributed by atoms with Crippen LogP contribution >= 0.6 is 0 Å². The van der Waals surface area contributed by atoms with Gasteiger partial charge < -0.3 is 10.2 Å². The van der Waals surface area contributed by atoms with Crippen molar-refractivity contribution < 1.29 is 4.39 Å². The average Bonchev–Trinajstić information content (AvgIpc) is 3.58. The summed E-state index contributed by atoms with van der Waals surface area (Å²) in [5.74, 6) is 1.40. The number of nitrogens with one attached hydrogen (secondary N) is 1. The average molecular weight is 444 g/mol. The van der Waals surface area contributed by atoms with Crippen LogP contribution in [-0.4, -0.2) is 56.0 Å². The number of likely N-dealkylation sites (N-methyl/N-ethyl adjacent to an activating group) is 1. The summed E-state index contributed by atoms with van der Waals surface area (Å²) in [5, 5.41) is 3.23. The van der Waals surface area contributed by atoms with Gasteiger partial charge in [-0.3, -0.25) is 9.30 Å². The van der Waals surface area contributed by atoms with Gasteiger partial charge in [-0.1, -0.05) is 25.1 Å². The quantitative estimate of drug-likeness (QED) is 0.489. The molecule has 2 aliphatic rings. The zero-order valence-electron chi connectivity index (χ0n) is 18.5. The summed E-state index contributed by atoms with van der Waals surface area (Å²) >= 11 is 0. The number of hydrogen-bond acceptors (Lipinski definition) is 6. The topological polar surface area (TPSA) is 61.6 Å². The number of fused-ring (bicyclic) bond motifs is 3. The van der Waals surface area contributed by atoms with Gasteiger partial charge >= 0.3 is 0 Å². The van der Waals surface area contributed by atoms with E-state index in [2.05, 4.69) is 36.4 Å². The van der Waals surface area contributed by atoms with Gasteiger partial charge in [0.15, 0.2) is 0 Å². The number of nitrogens with zero attached hydrogens (tertiary/aromatic N) is 6. The molecular weight excluding hydrogens is 417 g/mol. The number of piperazine rings is 1. The molecule has 0 aliphatic carbocycles. The van der Waals surface area contributed by atoms with Gasteiger partial charge in [-0.15, -0.1) is 0 Å². The summed E-state index contributed by atoms with van der Waals surface area (Å²) < 4.78 is 16.1. The Balaban J connectivity index is 1.30. The Kier molecular flexibility index (Phi) is 4.95. The molecule has 0 amide bonds. The van der Waals surface area contributed by atoms with Crippen LogP contribution in [0.5, 0.6) is 0 Å². The zero-order chi connectivity index (χ0) is 22.4. The molecule has 3 aromatic heterocycles. The monoisotopic (exact) mass is 443 g/mol.